The minimum atomic E-state index is -0.408. The highest BCUT2D eigenvalue weighted by Gasteiger charge is 2.25. The van der Waals surface area contributed by atoms with Gasteiger partial charge in [-0.25, -0.2) is 9.37 Å². The first-order valence-electron chi connectivity index (χ1n) is 9.52. The molecule has 1 fully saturated rings. The summed E-state index contributed by atoms with van der Waals surface area (Å²) in [5.41, 5.74) is 0.669. The van der Waals surface area contributed by atoms with Crippen LogP contribution in [0.15, 0.2) is 55.0 Å². The fourth-order valence-electron chi connectivity index (χ4n) is 3.27. The zero-order chi connectivity index (χ0) is 20.9. The summed E-state index contributed by atoms with van der Waals surface area (Å²) in [5.74, 6) is 0.927. The molecule has 1 aromatic carbocycles. The Morgan fingerprint density at radius 1 is 1.10 bits per heavy atom. The standard InChI is InChI=1S/C21H21FN6O2/c1-30-19-14-23-13-18(26-19)27-9-11-28(12-10-27)21(29)15-5-4-8-24-20(15)25-17-7-3-2-6-16(17)22/h2-8,13-14H,9-12H2,1H3,(H,24,25). The van der Waals surface area contributed by atoms with Gasteiger partial charge in [0.05, 0.1) is 30.8 Å². The van der Waals surface area contributed by atoms with Gasteiger partial charge in [-0.1, -0.05) is 12.1 Å². The highest BCUT2D eigenvalue weighted by atomic mass is 19.1. The van der Waals surface area contributed by atoms with Gasteiger partial charge in [0.25, 0.3) is 5.91 Å². The summed E-state index contributed by atoms with van der Waals surface area (Å²) in [6, 6.07) is 9.67. The molecule has 0 radical (unpaired) electrons. The maximum atomic E-state index is 14.0. The summed E-state index contributed by atoms with van der Waals surface area (Å²) >= 11 is 0. The maximum Gasteiger partial charge on any atom is 0.257 e. The molecule has 1 saturated heterocycles. The quantitative estimate of drug-likeness (QED) is 0.695. The molecular formula is C21H21FN6O2. The topological polar surface area (TPSA) is 83.5 Å². The van der Waals surface area contributed by atoms with Gasteiger partial charge in [-0.3, -0.25) is 9.78 Å². The smallest absolute Gasteiger partial charge is 0.257 e. The van der Waals surface area contributed by atoms with Crippen LogP contribution in [0, 0.1) is 5.82 Å². The third-order valence-electron chi connectivity index (χ3n) is 4.86. The van der Waals surface area contributed by atoms with Crippen LogP contribution in [-0.4, -0.2) is 59.0 Å². The number of amides is 1. The Hall–Kier alpha value is -3.75. The van der Waals surface area contributed by atoms with E-state index in [0.29, 0.717) is 49.3 Å². The van der Waals surface area contributed by atoms with Gasteiger partial charge in [-0.2, -0.15) is 4.98 Å². The van der Waals surface area contributed by atoms with Gasteiger partial charge in [-0.05, 0) is 24.3 Å². The first-order valence-corrected chi connectivity index (χ1v) is 9.52. The number of methoxy groups -OCH3 is 1. The monoisotopic (exact) mass is 408 g/mol. The lowest BCUT2D eigenvalue weighted by molar-refractivity contribution is 0.0747. The third kappa shape index (κ3) is 4.14. The Bertz CT molecular complexity index is 1040. The van der Waals surface area contributed by atoms with E-state index in [2.05, 4.69) is 25.2 Å². The molecular weight excluding hydrogens is 387 g/mol. The SMILES string of the molecule is COc1cncc(N2CCN(C(=O)c3cccnc3Nc3ccccc3F)CC2)n1. The molecule has 0 atom stereocenters. The number of nitrogens with zero attached hydrogens (tertiary/aromatic N) is 5. The number of anilines is 3. The number of carbonyl (C=O) groups is 1. The van der Waals surface area contributed by atoms with E-state index in [0.717, 1.165) is 0 Å². The minimum absolute atomic E-state index is 0.154. The van der Waals surface area contributed by atoms with Crippen LogP contribution < -0.4 is 15.0 Å². The normalized spacial score (nSPS) is 13.8. The number of rotatable bonds is 5. The lowest BCUT2D eigenvalue weighted by Gasteiger charge is -2.35. The van der Waals surface area contributed by atoms with E-state index in [4.69, 9.17) is 4.74 Å². The third-order valence-corrected chi connectivity index (χ3v) is 4.86. The Morgan fingerprint density at radius 3 is 2.67 bits per heavy atom. The molecule has 1 aliphatic heterocycles. The molecule has 0 spiro atoms. The van der Waals surface area contributed by atoms with E-state index >= 15 is 0 Å². The molecule has 1 aliphatic rings. The van der Waals surface area contributed by atoms with Crippen molar-refractivity contribution in [2.75, 3.05) is 43.5 Å². The molecule has 30 heavy (non-hydrogen) atoms. The number of hydrogen-bond acceptors (Lipinski definition) is 7. The maximum absolute atomic E-state index is 14.0. The molecule has 3 heterocycles. The molecule has 2 aromatic heterocycles. The second-order valence-electron chi connectivity index (χ2n) is 6.70. The molecule has 1 amide bonds. The lowest BCUT2D eigenvalue weighted by Crippen LogP contribution is -2.49. The molecule has 4 rings (SSSR count). The van der Waals surface area contributed by atoms with Crippen molar-refractivity contribution in [1.29, 1.82) is 0 Å². The number of halogens is 1. The molecule has 1 N–H and O–H groups in total. The molecule has 3 aromatic rings. The number of nitrogens with one attached hydrogen (secondary N) is 1. The van der Waals surface area contributed by atoms with Crippen LogP contribution in [0.25, 0.3) is 0 Å². The molecule has 9 heteroatoms. The van der Waals surface area contributed by atoms with Crippen molar-refractivity contribution in [3.05, 3.63) is 66.4 Å². The first-order chi connectivity index (χ1) is 14.7. The molecule has 154 valence electrons. The van der Waals surface area contributed by atoms with E-state index in [-0.39, 0.29) is 11.6 Å². The second-order valence-corrected chi connectivity index (χ2v) is 6.70. The van der Waals surface area contributed by atoms with Gasteiger partial charge in [-0.15, -0.1) is 0 Å². The second kappa shape index (κ2) is 8.73. The number of hydrogen-bond donors (Lipinski definition) is 1. The van der Waals surface area contributed by atoms with Crippen molar-refractivity contribution in [1.82, 2.24) is 19.9 Å². The first kappa shape index (κ1) is 19.6. The predicted molar refractivity (Wildman–Crippen MR) is 111 cm³/mol. The van der Waals surface area contributed by atoms with E-state index < -0.39 is 5.82 Å². The van der Waals surface area contributed by atoms with Crippen LogP contribution in [-0.2, 0) is 0 Å². The zero-order valence-corrected chi connectivity index (χ0v) is 16.5. The van der Waals surface area contributed by atoms with E-state index in [9.17, 15) is 9.18 Å². The van der Waals surface area contributed by atoms with Crippen molar-refractivity contribution in [2.24, 2.45) is 0 Å². The summed E-state index contributed by atoms with van der Waals surface area (Å²) < 4.78 is 19.1. The number of aromatic nitrogens is 3. The van der Waals surface area contributed by atoms with Crippen molar-refractivity contribution in [2.45, 2.75) is 0 Å². The van der Waals surface area contributed by atoms with Crippen LogP contribution in [0.1, 0.15) is 10.4 Å². The summed E-state index contributed by atoms with van der Waals surface area (Å²) in [6.45, 7) is 2.27. The van der Waals surface area contributed by atoms with E-state index in [1.165, 1.54) is 6.07 Å². The Balaban J connectivity index is 1.46. The molecule has 8 nitrogen and oxygen atoms in total. The van der Waals surface area contributed by atoms with Gasteiger partial charge >= 0.3 is 0 Å². The lowest BCUT2D eigenvalue weighted by atomic mass is 10.2. The number of para-hydroxylation sites is 1. The predicted octanol–water partition coefficient (Wildman–Crippen LogP) is 2.73. The van der Waals surface area contributed by atoms with E-state index in [1.807, 2.05) is 0 Å². The largest absolute Gasteiger partial charge is 0.480 e. The average molecular weight is 408 g/mol. The summed E-state index contributed by atoms with van der Waals surface area (Å²) in [4.78, 5) is 29.7. The van der Waals surface area contributed by atoms with Crippen molar-refractivity contribution in [3.63, 3.8) is 0 Å². The molecule has 0 aliphatic carbocycles. The minimum Gasteiger partial charge on any atom is -0.480 e. The van der Waals surface area contributed by atoms with Crippen LogP contribution in [0.5, 0.6) is 5.88 Å². The highest BCUT2D eigenvalue weighted by molar-refractivity contribution is 5.99. The Morgan fingerprint density at radius 2 is 1.90 bits per heavy atom. The van der Waals surface area contributed by atoms with Gasteiger partial charge < -0.3 is 19.9 Å². The number of piperazine rings is 1. The fourth-order valence-corrected chi connectivity index (χ4v) is 3.27. The highest BCUT2D eigenvalue weighted by Crippen LogP contribution is 2.23. The van der Waals surface area contributed by atoms with Crippen molar-refractivity contribution in [3.8, 4) is 5.88 Å². The Kier molecular flexibility index (Phi) is 5.69. The number of carbonyl (C=O) groups excluding carboxylic acids is 1. The summed E-state index contributed by atoms with van der Waals surface area (Å²) in [6.07, 6.45) is 4.80. The van der Waals surface area contributed by atoms with Crippen LogP contribution in [0.4, 0.5) is 21.7 Å². The zero-order valence-electron chi connectivity index (χ0n) is 16.5. The van der Waals surface area contributed by atoms with Gasteiger partial charge in [0, 0.05) is 32.4 Å². The van der Waals surface area contributed by atoms with Gasteiger partial charge in [0.1, 0.15) is 11.6 Å². The number of benzene rings is 1. The average Bonchev–Trinajstić information content (AvgIpc) is 2.80. The van der Waals surface area contributed by atoms with Crippen molar-refractivity contribution >= 4 is 23.2 Å². The van der Waals surface area contributed by atoms with Crippen molar-refractivity contribution < 1.29 is 13.9 Å². The number of ether oxygens (including phenoxy) is 1. The Labute approximate surface area is 173 Å². The molecule has 0 bridgehead atoms. The number of pyridine rings is 1. The van der Waals surface area contributed by atoms with Crippen LogP contribution in [0.3, 0.4) is 0 Å². The fraction of sp³-hybridized carbons (Fsp3) is 0.238. The molecule has 0 saturated carbocycles. The summed E-state index contributed by atoms with van der Waals surface area (Å²) in [7, 11) is 1.55. The van der Waals surface area contributed by atoms with Crippen LogP contribution in [0.2, 0.25) is 0 Å². The van der Waals surface area contributed by atoms with Gasteiger partial charge in [0.2, 0.25) is 5.88 Å². The van der Waals surface area contributed by atoms with Gasteiger partial charge in [0.15, 0.2) is 5.82 Å². The molecule has 0 unspecified atom stereocenters. The van der Waals surface area contributed by atoms with Crippen LogP contribution >= 0.6 is 0 Å². The summed E-state index contributed by atoms with van der Waals surface area (Å²) in [5, 5.41) is 2.93. The van der Waals surface area contributed by atoms with E-state index in [1.54, 1.807) is 60.9 Å².